The maximum atomic E-state index is 11.4. The summed E-state index contributed by atoms with van der Waals surface area (Å²) in [6.07, 6.45) is 2.52. The van der Waals surface area contributed by atoms with Crippen LogP contribution in [0.2, 0.25) is 0 Å². The molecule has 0 fully saturated rings. The Balaban J connectivity index is 1.80. The summed E-state index contributed by atoms with van der Waals surface area (Å²) in [6.45, 7) is 0.636. The van der Waals surface area contributed by atoms with Gasteiger partial charge in [0.15, 0.2) is 11.5 Å². The van der Waals surface area contributed by atoms with Crippen molar-refractivity contribution in [2.45, 2.75) is 6.42 Å². The molecule has 3 rings (SSSR count). The summed E-state index contributed by atoms with van der Waals surface area (Å²) < 4.78 is 2.67. The summed E-state index contributed by atoms with van der Waals surface area (Å²) in [6, 6.07) is 9.47. The van der Waals surface area contributed by atoms with Crippen LogP contribution in [0.1, 0.15) is 15.4 Å². The average molecular weight is 366 g/mol. The van der Waals surface area contributed by atoms with Crippen molar-refractivity contribution in [3.8, 4) is 0 Å². The number of hydrogen-bond acceptors (Lipinski definition) is 4. The van der Waals surface area contributed by atoms with Crippen molar-refractivity contribution < 1.29 is 9.90 Å². The number of carboxylic acids is 1. The van der Waals surface area contributed by atoms with E-state index in [9.17, 15) is 9.90 Å². The van der Waals surface area contributed by atoms with Gasteiger partial charge in [0, 0.05) is 17.6 Å². The van der Waals surface area contributed by atoms with Gasteiger partial charge in [0.05, 0.1) is 3.79 Å². The van der Waals surface area contributed by atoms with Crippen molar-refractivity contribution in [2.24, 2.45) is 0 Å². The molecular weight excluding hydrogens is 354 g/mol. The topological polar surface area (TPSA) is 66.6 Å². The Bertz CT molecular complexity index is 796. The number of thiophene rings is 1. The predicted octanol–water partition coefficient (Wildman–Crippen LogP) is 3.51. The van der Waals surface area contributed by atoms with Crippen LogP contribution >= 0.6 is 27.3 Å². The van der Waals surface area contributed by atoms with Crippen molar-refractivity contribution in [2.75, 3.05) is 11.9 Å². The van der Waals surface area contributed by atoms with E-state index in [1.54, 1.807) is 34.1 Å². The monoisotopic (exact) mass is 365 g/mol. The quantitative estimate of drug-likeness (QED) is 0.725. The molecule has 0 bridgehead atoms. The van der Waals surface area contributed by atoms with E-state index < -0.39 is 5.97 Å². The summed E-state index contributed by atoms with van der Waals surface area (Å²) >= 11 is 5.10. The van der Waals surface area contributed by atoms with Gasteiger partial charge in [-0.05, 0) is 46.6 Å². The van der Waals surface area contributed by atoms with Crippen LogP contribution in [-0.4, -0.2) is 27.0 Å². The Labute approximate surface area is 133 Å². The fraction of sp³-hybridized carbons (Fsp3) is 0.143. The zero-order valence-electron chi connectivity index (χ0n) is 10.9. The first-order chi connectivity index (χ1) is 10.1. The number of aromatic nitrogens is 2. The first-order valence-electron chi connectivity index (χ1n) is 6.33. The number of anilines is 1. The van der Waals surface area contributed by atoms with Gasteiger partial charge in [-0.1, -0.05) is 6.07 Å². The number of rotatable bonds is 5. The molecule has 3 aromatic heterocycles. The van der Waals surface area contributed by atoms with Gasteiger partial charge in [0.1, 0.15) is 5.65 Å². The van der Waals surface area contributed by atoms with E-state index in [4.69, 9.17) is 0 Å². The van der Waals surface area contributed by atoms with Crippen molar-refractivity contribution in [1.82, 2.24) is 9.38 Å². The summed E-state index contributed by atoms with van der Waals surface area (Å²) in [7, 11) is 0. The predicted molar refractivity (Wildman–Crippen MR) is 86.4 cm³/mol. The van der Waals surface area contributed by atoms with E-state index in [2.05, 4.69) is 32.3 Å². The van der Waals surface area contributed by atoms with Gasteiger partial charge >= 0.3 is 5.97 Å². The molecule has 21 heavy (non-hydrogen) atoms. The third-order valence-electron chi connectivity index (χ3n) is 3.03. The first kappa shape index (κ1) is 14.1. The maximum Gasteiger partial charge on any atom is 0.356 e. The van der Waals surface area contributed by atoms with Crippen LogP contribution in [0.4, 0.5) is 5.82 Å². The Morgan fingerprint density at radius 3 is 2.95 bits per heavy atom. The molecule has 0 amide bonds. The molecule has 0 atom stereocenters. The number of carboxylic acid groups (broad SMARTS) is 1. The molecule has 0 saturated heterocycles. The van der Waals surface area contributed by atoms with Gasteiger partial charge in [0.2, 0.25) is 0 Å². The van der Waals surface area contributed by atoms with Crippen molar-refractivity contribution in [3.63, 3.8) is 0 Å². The van der Waals surface area contributed by atoms with Gasteiger partial charge < -0.3 is 10.4 Å². The van der Waals surface area contributed by atoms with E-state index >= 15 is 0 Å². The Hall–Kier alpha value is -1.86. The SMILES string of the molecule is O=C(O)c1c(NCCc2ccc(Br)s2)nc2ccccn12. The minimum atomic E-state index is -0.991. The first-order valence-corrected chi connectivity index (χ1v) is 7.94. The Morgan fingerprint density at radius 1 is 1.38 bits per heavy atom. The third kappa shape index (κ3) is 2.93. The second-order valence-corrected chi connectivity index (χ2v) is 6.97. The molecule has 5 nitrogen and oxygen atoms in total. The average Bonchev–Trinajstić information content (AvgIpc) is 3.02. The molecule has 0 saturated carbocycles. The molecule has 7 heteroatoms. The molecule has 0 aliphatic carbocycles. The van der Waals surface area contributed by atoms with E-state index in [-0.39, 0.29) is 5.69 Å². The van der Waals surface area contributed by atoms with Crippen LogP contribution in [0.5, 0.6) is 0 Å². The van der Waals surface area contributed by atoms with Gasteiger partial charge in [0.25, 0.3) is 0 Å². The minimum absolute atomic E-state index is 0.165. The number of pyridine rings is 1. The lowest BCUT2D eigenvalue weighted by molar-refractivity contribution is 0.0690. The molecule has 0 aliphatic heterocycles. The molecular formula is C14H12BrN3O2S. The van der Waals surface area contributed by atoms with Crippen LogP contribution in [0, 0.1) is 0 Å². The molecule has 0 aliphatic rings. The molecule has 0 aromatic carbocycles. The lowest BCUT2D eigenvalue weighted by Gasteiger charge is -2.03. The standard InChI is InChI=1S/C14H12BrN3O2S/c15-10-5-4-9(21-10)6-7-16-13-12(14(19)20)18-8-2-1-3-11(18)17-13/h1-5,8,16H,6-7H2,(H,19,20). The summed E-state index contributed by atoms with van der Waals surface area (Å²) in [4.78, 5) is 17.0. The number of nitrogens with one attached hydrogen (secondary N) is 1. The van der Waals surface area contributed by atoms with Gasteiger partial charge in [-0.3, -0.25) is 4.40 Å². The largest absolute Gasteiger partial charge is 0.476 e. The van der Waals surface area contributed by atoms with Crippen molar-refractivity contribution in [1.29, 1.82) is 0 Å². The maximum absolute atomic E-state index is 11.4. The number of fused-ring (bicyclic) bond motifs is 1. The smallest absolute Gasteiger partial charge is 0.356 e. The van der Waals surface area contributed by atoms with Crippen LogP contribution in [0.15, 0.2) is 40.3 Å². The van der Waals surface area contributed by atoms with Gasteiger partial charge in [-0.25, -0.2) is 9.78 Å². The number of nitrogens with zero attached hydrogens (tertiary/aromatic N) is 2. The molecule has 0 radical (unpaired) electrons. The summed E-state index contributed by atoms with van der Waals surface area (Å²) in [5.41, 5.74) is 0.786. The van der Waals surface area contributed by atoms with E-state index in [0.29, 0.717) is 18.0 Å². The third-order valence-corrected chi connectivity index (χ3v) is 4.71. The fourth-order valence-corrected chi connectivity index (χ4v) is 3.60. The number of imidazole rings is 1. The van der Waals surface area contributed by atoms with E-state index in [0.717, 1.165) is 10.2 Å². The highest BCUT2D eigenvalue weighted by Crippen LogP contribution is 2.23. The zero-order valence-corrected chi connectivity index (χ0v) is 13.3. The molecule has 108 valence electrons. The van der Waals surface area contributed by atoms with Crippen LogP contribution in [0.25, 0.3) is 5.65 Å². The molecule has 3 aromatic rings. The van der Waals surface area contributed by atoms with Gasteiger partial charge in [-0.15, -0.1) is 11.3 Å². The summed E-state index contributed by atoms with van der Waals surface area (Å²) in [5, 5.41) is 12.5. The highest BCUT2D eigenvalue weighted by molar-refractivity contribution is 9.11. The minimum Gasteiger partial charge on any atom is -0.476 e. The van der Waals surface area contributed by atoms with E-state index in [1.165, 1.54) is 4.88 Å². The summed E-state index contributed by atoms with van der Waals surface area (Å²) in [5.74, 6) is -0.584. The van der Waals surface area contributed by atoms with Crippen molar-refractivity contribution in [3.05, 3.63) is 50.9 Å². The Morgan fingerprint density at radius 2 is 2.24 bits per heavy atom. The highest BCUT2D eigenvalue weighted by Gasteiger charge is 2.17. The molecule has 0 unspecified atom stereocenters. The zero-order chi connectivity index (χ0) is 14.8. The Kier molecular flexibility index (Phi) is 3.94. The van der Waals surface area contributed by atoms with Crippen molar-refractivity contribution >= 4 is 44.7 Å². The number of halogens is 1. The van der Waals surface area contributed by atoms with Crippen LogP contribution in [-0.2, 0) is 6.42 Å². The number of carbonyl (C=O) groups is 1. The molecule has 0 spiro atoms. The lowest BCUT2D eigenvalue weighted by Crippen LogP contribution is -2.10. The molecule has 3 heterocycles. The highest BCUT2D eigenvalue weighted by atomic mass is 79.9. The lowest BCUT2D eigenvalue weighted by atomic mass is 10.3. The number of aromatic carboxylic acids is 1. The van der Waals surface area contributed by atoms with Gasteiger partial charge in [-0.2, -0.15) is 0 Å². The van der Waals surface area contributed by atoms with E-state index in [1.807, 2.05) is 12.1 Å². The molecule has 2 N–H and O–H groups in total. The van der Waals surface area contributed by atoms with Crippen LogP contribution in [0.3, 0.4) is 0 Å². The fourth-order valence-electron chi connectivity index (χ4n) is 2.11. The second-order valence-electron chi connectivity index (χ2n) is 4.43. The number of hydrogen-bond donors (Lipinski definition) is 2. The normalized spacial score (nSPS) is 10.9. The van der Waals surface area contributed by atoms with Crippen LogP contribution < -0.4 is 5.32 Å². The second kappa shape index (κ2) is 5.87.